The zero-order chi connectivity index (χ0) is 29.9. The minimum atomic E-state index is -3.96. The molecule has 42 heavy (non-hydrogen) atoms. The lowest BCUT2D eigenvalue weighted by atomic mass is 9.91. The highest BCUT2D eigenvalue weighted by molar-refractivity contribution is 7.89. The molecule has 0 unspecified atom stereocenters. The van der Waals surface area contributed by atoms with E-state index in [1.165, 1.54) is 23.5 Å². The van der Waals surface area contributed by atoms with Gasteiger partial charge in [-0.05, 0) is 42.2 Å². The van der Waals surface area contributed by atoms with Gasteiger partial charge in [0.1, 0.15) is 5.75 Å². The van der Waals surface area contributed by atoms with Crippen molar-refractivity contribution >= 4 is 16.1 Å². The van der Waals surface area contributed by atoms with E-state index in [-0.39, 0.29) is 48.3 Å². The van der Waals surface area contributed by atoms with Gasteiger partial charge in [0.2, 0.25) is 16.3 Å². The van der Waals surface area contributed by atoms with E-state index < -0.39 is 40.8 Å². The van der Waals surface area contributed by atoms with Gasteiger partial charge >= 0.3 is 6.09 Å². The first-order chi connectivity index (χ1) is 20.1. The first-order valence-electron chi connectivity index (χ1n) is 14.4. The number of ether oxygens (including phenoxy) is 5. The third kappa shape index (κ3) is 7.07. The van der Waals surface area contributed by atoms with Gasteiger partial charge in [-0.25, -0.2) is 13.2 Å². The molecule has 0 aliphatic carbocycles. The average Bonchev–Trinajstić information content (AvgIpc) is 3.65. The second kappa shape index (κ2) is 13.3. The van der Waals surface area contributed by atoms with Crippen LogP contribution in [-0.4, -0.2) is 88.2 Å². The molecule has 2 N–H and O–H groups in total. The summed E-state index contributed by atoms with van der Waals surface area (Å²) in [6, 6.07) is 14.6. The number of carbonyl (C=O) groups is 1. The smallest absolute Gasteiger partial charge is 0.409 e. The summed E-state index contributed by atoms with van der Waals surface area (Å²) in [5, 5.41) is 14.2. The van der Waals surface area contributed by atoms with Gasteiger partial charge in [-0.3, -0.25) is 0 Å². The third-order valence-electron chi connectivity index (χ3n) is 7.99. The normalized spacial score (nSPS) is 26.6. The monoisotopic (exact) mass is 604 g/mol. The van der Waals surface area contributed by atoms with Gasteiger partial charge in [-0.2, -0.15) is 4.31 Å². The maximum absolute atomic E-state index is 13.6. The molecule has 7 atom stereocenters. The highest BCUT2D eigenvalue weighted by atomic mass is 32.2. The summed E-state index contributed by atoms with van der Waals surface area (Å²) in [4.78, 5) is 13.1. The van der Waals surface area contributed by atoms with E-state index >= 15 is 0 Å². The van der Waals surface area contributed by atoms with Crippen molar-refractivity contribution < 1.29 is 42.0 Å². The van der Waals surface area contributed by atoms with Crippen molar-refractivity contribution in [1.29, 1.82) is 0 Å². The minimum absolute atomic E-state index is 0.0122. The molecule has 1 amide bonds. The maximum Gasteiger partial charge on any atom is 0.409 e. The number of sulfonamides is 1. The van der Waals surface area contributed by atoms with Crippen molar-refractivity contribution in [3.8, 4) is 5.75 Å². The standard InChI is InChI=1S/C30H40N2O9S/c1-19(2)15-32(42(35,36)22-11-9-21(37-3)10-12-22)16-26(33)25(13-20-7-5-4-6-8-20)31-30(34)41-28-14-23-24-17-38-18-27(24)39-29(23)40-28/h4-12,19,23-29,33H,13-18H2,1-3H3,(H,31,34)/t23-,24-,25+,26+,27-,28-,29-/m1/s1. The van der Waals surface area contributed by atoms with Gasteiger partial charge in [0.15, 0.2) is 6.29 Å². The number of aliphatic hydroxyl groups excluding tert-OH is 1. The van der Waals surface area contributed by atoms with E-state index in [4.69, 9.17) is 23.7 Å². The van der Waals surface area contributed by atoms with Gasteiger partial charge in [-0.1, -0.05) is 44.2 Å². The highest BCUT2D eigenvalue weighted by Crippen LogP contribution is 2.45. The van der Waals surface area contributed by atoms with Gasteiger partial charge in [-0.15, -0.1) is 0 Å². The van der Waals surface area contributed by atoms with E-state index in [2.05, 4.69) is 5.32 Å². The van der Waals surface area contributed by atoms with Crippen LogP contribution in [0.5, 0.6) is 5.75 Å². The number of hydrogen-bond acceptors (Lipinski definition) is 9. The second-order valence-electron chi connectivity index (χ2n) is 11.5. The number of hydrogen-bond donors (Lipinski definition) is 2. The van der Waals surface area contributed by atoms with Crippen LogP contribution in [0.2, 0.25) is 0 Å². The zero-order valence-electron chi connectivity index (χ0n) is 24.1. The largest absolute Gasteiger partial charge is 0.497 e. The van der Waals surface area contributed by atoms with Gasteiger partial charge in [0, 0.05) is 31.3 Å². The molecule has 0 saturated carbocycles. The summed E-state index contributed by atoms with van der Waals surface area (Å²) in [6.45, 7) is 4.91. The number of methoxy groups -OCH3 is 1. The highest BCUT2D eigenvalue weighted by Gasteiger charge is 2.54. The molecule has 12 heteroatoms. The molecule has 0 radical (unpaired) electrons. The lowest BCUT2D eigenvalue weighted by Gasteiger charge is -2.30. The first kappa shape index (κ1) is 30.7. The molecule has 230 valence electrons. The Balaban J connectivity index is 1.28. The van der Waals surface area contributed by atoms with Gasteiger partial charge < -0.3 is 34.1 Å². The van der Waals surface area contributed by atoms with E-state index in [1.807, 2.05) is 44.2 Å². The molecule has 0 spiro atoms. The molecule has 3 heterocycles. The van der Waals surface area contributed by atoms with Crippen LogP contribution in [-0.2, 0) is 35.4 Å². The van der Waals surface area contributed by atoms with Crippen LogP contribution in [0, 0.1) is 17.8 Å². The molecule has 2 aromatic carbocycles. The van der Waals surface area contributed by atoms with Crippen molar-refractivity contribution in [3.05, 3.63) is 60.2 Å². The van der Waals surface area contributed by atoms with Crippen molar-refractivity contribution in [2.24, 2.45) is 17.8 Å². The minimum Gasteiger partial charge on any atom is -0.497 e. The first-order valence-corrected chi connectivity index (χ1v) is 15.8. The van der Waals surface area contributed by atoms with Crippen LogP contribution in [0.1, 0.15) is 25.8 Å². The summed E-state index contributed by atoms with van der Waals surface area (Å²) < 4.78 is 56.6. The second-order valence-corrected chi connectivity index (χ2v) is 13.5. The fraction of sp³-hybridized carbons (Fsp3) is 0.567. The predicted octanol–water partition coefficient (Wildman–Crippen LogP) is 2.77. The Hall–Kier alpha value is -2.74. The van der Waals surface area contributed by atoms with Gasteiger partial charge in [0.05, 0.1) is 43.5 Å². The topological polar surface area (TPSA) is 133 Å². The Morgan fingerprint density at radius 2 is 1.79 bits per heavy atom. The van der Waals surface area contributed by atoms with Crippen molar-refractivity contribution in [1.82, 2.24) is 9.62 Å². The number of carbonyl (C=O) groups excluding carboxylic acids is 1. The summed E-state index contributed by atoms with van der Waals surface area (Å²) in [5.74, 6) is 0.835. The molecule has 0 bridgehead atoms. The van der Waals surface area contributed by atoms with Crippen LogP contribution in [0.4, 0.5) is 4.79 Å². The molecule has 2 aromatic rings. The number of benzene rings is 2. The summed E-state index contributed by atoms with van der Waals surface area (Å²) >= 11 is 0. The van der Waals surface area contributed by atoms with Crippen molar-refractivity contribution in [2.75, 3.05) is 33.4 Å². The van der Waals surface area contributed by atoms with Crippen molar-refractivity contribution in [3.63, 3.8) is 0 Å². The Labute approximate surface area is 247 Å². The number of alkyl carbamates (subject to hydrolysis) is 1. The average molecular weight is 605 g/mol. The molecule has 0 aromatic heterocycles. The molecule has 5 rings (SSSR count). The summed E-state index contributed by atoms with van der Waals surface area (Å²) in [5.41, 5.74) is 0.864. The summed E-state index contributed by atoms with van der Waals surface area (Å²) in [7, 11) is -2.45. The molecule has 3 aliphatic rings. The zero-order valence-corrected chi connectivity index (χ0v) is 24.9. The van der Waals surface area contributed by atoms with Gasteiger partial charge in [0.25, 0.3) is 0 Å². The quantitative estimate of drug-likeness (QED) is 0.375. The third-order valence-corrected chi connectivity index (χ3v) is 9.84. The Morgan fingerprint density at radius 3 is 2.48 bits per heavy atom. The Bertz CT molecular complexity index is 1290. The van der Waals surface area contributed by atoms with Crippen molar-refractivity contribution in [2.45, 2.75) is 62.4 Å². The number of nitrogens with one attached hydrogen (secondary N) is 1. The number of rotatable bonds is 12. The molecular weight excluding hydrogens is 564 g/mol. The lowest BCUT2D eigenvalue weighted by Crippen LogP contribution is -2.51. The number of amides is 1. The molecule has 3 saturated heterocycles. The Kier molecular flexibility index (Phi) is 9.70. The number of fused-ring (bicyclic) bond motifs is 3. The summed E-state index contributed by atoms with van der Waals surface area (Å²) in [6.07, 6.45) is -2.44. The van der Waals surface area contributed by atoms with Crippen LogP contribution in [0.25, 0.3) is 0 Å². The number of nitrogens with zero attached hydrogens (tertiary/aromatic N) is 1. The van der Waals surface area contributed by atoms with Crippen LogP contribution < -0.4 is 10.1 Å². The molecule has 3 fully saturated rings. The maximum atomic E-state index is 13.6. The lowest BCUT2D eigenvalue weighted by molar-refractivity contribution is -0.192. The Morgan fingerprint density at radius 1 is 1.05 bits per heavy atom. The fourth-order valence-corrected chi connectivity index (χ4v) is 7.48. The van der Waals surface area contributed by atoms with Crippen LogP contribution in [0.15, 0.2) is 59.5 Å². The van der Waals surface area contributed by atoms with E-state index in [0.717, 1.165) is 5.56 Å². The van der Waals surface area contributed by atoms with E-state index in [0.29, 0.717) is 25.4 Å². The van der Waals surface area contributed by atoms with Crippen LogP contribution >= 0.6 is 0 Å². The molecule has 3 aliphatic heterocycles. The molecule has 11 nitrogen and oxygen atoms in total. The van der Waals surface area contributed by atoms with Crippen LogP contribution in [0.3, 0.4) is 0 Å². The van der Waals surface area contributed by atoms with E-state index in [1.54, 1.807) is 12.1 Å². The van der Waals surface area contributed by atoms with E-state index in [9.17, 15) is 18.3 Å². The SMILES string of the molecule is COc1ccc(S(=O)(=O)N(CC(C)C)C[C@H](O)[C@H](Cc2ccccc2)NC(=O)O[C@@H]2C[C@H]3[C@@H](O2)O[C@@H]2COC[C@H]32)cc1. The fourth-order valence-electron chi connectivity index (χ4n) is 5.85. The molecular formula is C30H40N2O9S. The number of aliphatic hydroxyl groups is 1. The predicted molar refractivity (Wildman–Crippen MR) is 152 cm³/mol.